The normalized spacial score (nSPS) is 22.0. The van der Waals surface area contributed by atoms with Crippen LogP contribution >= 0.6 is 0 Å². The number of benzene rings is 1. The molecular formula is C16H27N3O2S. The third-order valence-electron chi connectivity index (χ3n) is 4.22. The Kier molecular flexibility index (Phi) is 5.60. The second-order valence-electron chi connectivity index (χ2n) is 6.51. The Balaban J connectivity index is 2.15. The molecule has 2 atom stereocenters. The largest absolute Gasteiger partial charge is 0.328 e. The van der Waals surface area contributed by atoms with Crippen molar-refractivity contribution >= 4 is 10.0 Å². The molecule has 0 aromatic heterocycles. The summed E-state index contributed by atoms with van der Waals surface area (Å²) in [5.74, 6) is 0.247. The average molecular weight is 325 g/mol. The van der Waals surface area contributed by atoms with Crippen LogP contribution in [0.15, 0.2) is 29.2 Å². The second-order valence-corrected chi connectivity index (χ2v) is 8.44. The summed E-state index contributed by atoms with van der Waals surface area (Å²) in [5, 5.41) is 0. The molecule has 1 aromatic carbocycles. The molecule has 6 heteroatoms. The van der Waals surface area contributed by atoms with E-state index in [-0.39, 0.29) is 12.0 Å². The molecular weight excluding hydrogens is 298 g/mol. The van der Waals surface area contributed by atoms with Crippen LogP contribution < -0.4 is 5.73 Å². The van der Waals surface area contributed by atoms with Crippen LogP contribution in [0.4, 0.5) is 0 Å². The summed E-state index contributed by atoms with van der Waals surface area (Å²) in [6.07, 6.45) is 1.88. The lowest BCUT2D eigenvalue weighted by Crippen LogP contribution is -2.44. The van der Waals surface area contributed by atoms with Crippen molar-refractivity contribution in [2.24, 2.45) is 11.7 Å². The van der Waals surface area contributed by atoms with Gasteiger partial charge in [-0.3, -0.25) is 0 Å². The minimum Gasteiger partial charge on any atom is -0.328 e. The van der Waals surface area contributed by atoms with Crippen molar-refractivity contribution < 1.29 is 8.42 Å². The SMILES string of the molecule is CC(N)C1CCCN(S(=O)(=O)c2ccc(CN(C)C)cc2)C1. The van der Waals surface area contributed by atoms with Crippen molar-refractivity contribution in [3.8, 4) is 0 Å². The van der Waals surface area contributed by atoms with Crippen LogP contribution in [-0.2, 0) is 16.6 Å². The fourth-order valence-corrected chi connectivity index (χ4v) is 4.44. The number of rotatable bonds is 5. The molecule has 0 saturated carbocycles. The van der Waals surface area contributed by atoms with Gasteiger partial charge in [0.15, 0.2) is 0 Å². The summed E-state index contributed by atoms with van der Waals surface area (Å²) in [5.41, 5.74) is 7.06. The van der Waals surface area contributed by atoms with Crippen LogP contribution in [-0.4, -0.2) is 50.8 Å². The Labute approximate surface area is 134 Å². The fourth-order valence-electron chi connectivity index (χ4n) is 2.90. The summed E-state index contributed by atoms with van der Waals surface area (Å²) in [4.78, 5) is 2.43. The van der Waals surface area contributed by atoms with Gasteiger partial charge in [-0.25, -0.2) is 8.42 Å². The highest BCUT2D eigenvalue weighted by atomic mass is 32.2. The van der Waals surface area contributed by atoms with E-state index in [2.05, 4.69) is 4.90 Å². The highest BCUT2D eigenvalue weighted by Crippen LogP contribution is 2.25. The molecule has 0 bridgehead atoms. The average Bonchev–Trinajstić information content (AvgIpc) is 2.47. The number of piperidine rings is 1. The summed E-state index contributed by atoms with van der Waals surface area (Å²) in [6.45, 7) is 3.87. The molecule has 1 heterocycles. The van der Waals surface area contributed by atoms with Gasteiger partial charge in [0.05, 0.1) is 4.90 Å². The Morgan fingerprint density at radius 3 is 2.50 bits per heavy atom. The van der Waals surface area contributed by atoms with Crippen molar-refractivity contribution in [3.63, 3.8) is 0 Å². The zero-order valence-corrected chi connectivity index (χ0v) is 14.5. The first kappa shape index (κ1) is 17.4. The zero-order valence-electron chi connectivity index (χ0n) is 13.7. The van der Waals surface area contributed by atoms with Crippen molar-refractivity contribution in [3.05, 3.63) is 29.8 Å². The molecule has 0 amide bonds. The molecule has 0 spiro atoms. The van der Waals surface area contributed by atoms with E-state index in [9.17, 15) is 8.42 Å². The Hall–Kier alpha value is -0.950. The van der Waals surface area contributed by atoms with E-state index >= 15 is 0 Å². The molecule has 1 fully saturated rings. The smallest absolute Gasteiger partial charge is 0.243 e. The van der Waals surface area contributed by atoms with E-state index in [1.54, 1.807) is 16.4 Å². The maximum Gasteiger partial charge on any atom is 0.243 e. The van der Waals surface area contributed by atoms with Gasteiger partial charge >= 0.3 is 0 Å². The van der Waals surface area contributed by atoms with E-state index in [1.165, 1.54) is 0 Å². The number of hydrogen-bond donors (Lipinski definition) is 1. The quantitative estimate of drug-likeness (QED) is 0.891. The van der Waals surface area contributed by atoms with Gasteiger partial charge in [-0.1, -0.05) is 12.1 Å². The van der Waals surface area contributed by atoms with Crippen LogP contribution in [0.5, 0.6) is 0 Å². The summed E-state index contributed by atoms with van der Waals surface area (Å²) < 4.78 is 27.1. The van der Waals surface area contributed by atoms with Gasteiger partial charge in [0.2, 0.25) is 10.0 Å². The van der Waals surface area contributed by atoms with E-state index in [0.29, 0.717) is 18.0 Å². The molecule has 1 aliphatic heterocycles. The maximum absolute atomic E-state index is 12.8. The molecule has 1 saturated heterocycles. The number of nitrogens with two attached hydrogens (primary N) is 1. The number of hydrogen-bond acceptors (Lipinski definition) is 4. The first-order chi connectivity index (χ1) is 10.3. The Morgan fingerprint density at radius 2 is 1.95 bits per heavy atom. The van der Waals surface area contributed by atoms with Crippen molar-refractivity contribution in [2.75, 3.05) is 27.2 Å². The third-order valence-corrected chi connectivity index (χ3v) is 6.10. The van der Waals surface area contributed by atoms with E-state index in [0.717, 1.165) is 24.9 Å². The third kappa shape index (κ3) is 4.07. The van der Waals surface area contributed by atoms with Crippen LogP contribution in [0.25, 0.3) is 0 Å². The second kappa shape index (κ2) is 7.08. The van der Waals surface area contributed by atoms with Crippen LogP contribution in [0, 0.1) is 5.92 Å². The minimum absolute atomic E-state index is 0.0282. The van der Waals surface area contributed by atoms with Gasteiger partial charge in [-0.05, 0) is 57.5 Å². The Bertz CT molecular complexity index is 582. The molecule has 5 nitrogen and oxygen atoms in total. The first-order valence-electron chi connectivity index (χ1n) is 7.80. The summed E-state index contributed by atoms with van der Waals surface area (Å²) in [7, 11) is 0.576. The molecule has 0 radical (unpaired) electrons. The molecule has 1 aliphatic rings. The van der Waals surface area contributed by atoms with Gasteiger partial charge < -0.3 is 10.6 Å². The summed E-state index contributed by atoms with van der Waals surface area (Å²) >= 11 is 0. The van der Waals surface area contributed by atoms with Gasteiger partial charge in [-0.15, -0.1) is 0 Å². The molecule has 124 valence electrons. The molecule has 2 rings (SSSR count). The van der Waals surface area contributed by atoms with Gasteiger partial charge in [0, 0.05) is 25.7 Å². The molecule has 22 heavy (non-hydrogen) atoms. The zero-order chi connectivity index (χ0) is 16.3. The number of nitrogens with zero attached hydrogens (tertiary/aromatic N) is 2. The lowest BCUT2D eigenvalue weighted by atomic mass is 9.93. The van der Waals surface area contributed by atoms with Crippen molar-refractivity contribution in [1.82, 2.24) is 9.21 Å². The van der Waals surface area contributed by atoms with E-state index in [1.807, 2.05) is 33.2 Å². The predicted molar refractivity (Wildman–Crippen MR) is 89.0 cm³/mol. The van der Waals surface area contributed by atoms with Crippen LogP contribution in [0.3, 0.4) is 0 Å². The molecule has 1 aromatic rings. The van der Waals surface area contributed by atoms with Gasteiger partial charge in [0.25, 0.3) is 0 Å². The fraction of sp³-hybridized carbons (Fsp3) is 0.625. The van der Waals surface area contributed by atoms with Crippen LogP contribution in [0.2, 0.25) is 0 Å². The first-order valence-corrected chi connectivity index (χ1v) is 9.24. The lowest BCUT2D eigenvalue weighted by Gasteiger charge is -2.33. The standard InChI is InChI=1S/C16H27N3O2S/c1-13(17)15-5-4-10-19(12-15)22(20,21)16-8-6-14(7-9-16)11-18(2)3/h6-9,13,15H,4-5,10-12,17H2,1-3H3. The van der Waals surface area contributed by atoms with Crippen molar-refractivity contribution in [2.45, 2.75) is 37.2 Å². The highest BCUT2D eigenvalue weighted by Gasteiger charge is 2.31. The summed E-state index contributed by atoms with van der Waals surface area (Å²) in [6, 6.07) is 7.23. The van der Waals surface area contributed by atoms with E-state index in [4.69, 9.17) is 5.73 Å². The number of sulfonamides is 1. The minimum atomic E-state index is -3.41. The van der Waals surface area contributed by atoms with E-state index < -0.39 is 10.0 Å². The van der Waals surface area contributed by atoms with Crippen molar-refractivity contribution in [1.29, 1.82) is 0 Å². The van der Waals surface area contributed by atoms with Gasteiger partial charge in [-0.2, -0.15) is 4.31 Å². The monoisotopic (exact) mass is 325 g/mol. The molecule has 0 aliphatic carbocycles. The van der Waals surface area contributed by atoms with Crippen LogP contribution in [0.1, 0.15) is 25.3 Å². The Morgan fingerprint density at radius 1 is 1.32 bits per heavy atom. The molecule has 2 N–H and O–H groups in total. The topological polar surface area (TPSA) is 66.6 Å². The molecule has 2 unspecified atom stereocenters. The predicted octanol–water partition coefficient (Wildman–Crippen LogP) is 1.50. The maximum atomic E-state index is 12.8. The lowest BCUT2D eigenvalue weighted by molar-refractivity contribution is 0.243. The van der Waals surface area contributed by atoms with Gasteiger partial charge in [0.1, 0.15) is 0 Å². The highest BCUT2D eigenvalue weighted by molar-refractivity contribution is 7.89.